The summed E-state index contributed by atoms with van der Waals surface area (Å²) in [5, 5.41) is 18.1. The standard InChI is InChI=1S/C15H22O3/c1-11(16)4-5-12-6-8-13(9-7-12)15(2,3)10-14(17)18/h6-9,11,16H,4-5,10H2,1-3H3,(H,17,18). The quantitative estimate of drug-likeness (QED) is 0.816. The van der Waals surface area contributed by atoms with Gasteiger partial charge in [0.05, 0.1) is 12.5 Å². The van der Waals surface area contributed by atoms with Crippen molar-refractivity contribution in [3.05, 3.63) is 35.4 Å². The average Bonchev–Trinajstić information content (AvgIpc) is 2.25. The van der Waals surface area contributed by atoms with Gasteiger partial charge in [-0.3, -0.25) is 4.79 Å². The van der Waals surface area contributed by atoms with E-state index < -0.39 is 5.97 Å². The Hall–Kier alpha value is -1.35. The van der Waals surface area contributed by atoms with Crippen LogP contribution in [0.15, 0.2) is 24.3 Å². The minimum Gasteiger partial charge on any atom is -0.481 e. The van der Waals surface area contributed by atoms with Crippen LogP contribution in [0.3, 0.4) is 0 Å². The fraction of sp³-hybridized carbons (Fsp3) is 0.533. The largest absolute Gasteiger partial charge is 0.481 e. The predicted molar refractivity (Wildman–Crippen MR) is 71.7 cm³/mol. The lowest BCUT2D eigenvalue weighted by Crippen LogP contribution is -2.21. The van der Waals surface area contributed by atoms with Crippen LogP contribution >= 0.6 is 0 Å². The van der Waals surface area contributed by atoms with Crippen LogP contribution in [0.5, 0.6) is 0 Å². The highest BCUT2D eigenvalue weighted by Gasteiger charge is 2.23. The Morgan fingerprint density at radius 2 is 1.83 bits per heavy atom. The van der Waals surface area contributed by atoms with E-state index in [1.165, 1.54) is 5.56 Å². The molecule has 0 fully saturated rings. The zero-order valence-corrected chi connectivity index (χ0v) is 11.3. The maximum atomic E-state index is 10.8. The number of carboxylic acid groups (broad SMARTS) is 1. The first kappa shape index (κ1) is 14.7. The van der Waals surface area contributed by atoms with Crippen LogP contribution in [0.25, 0.3) is 0 Å². The maximum Gasteiger partial charge on any atom is 0.304 e. The van der Waals surface area contributed by atoms with Gasteiger partial charge in [-0.1, -0.05) is 38.1 Å². The van der Waals surface area contributed by atoms with Crippen LogP contribution in [0.1, 0.15) is 44.7 Å². The van der Waals surface area contributed by atoms with Crippen molar-refractivity contribution in [2.45, 2.75) is 51.6 Å². The molecule has 1 atom stereocenters. The second kappa shape index (κ2) is 6.01. The molecule has 18 heavy (non-hydrogen) atoms. The maximum absolute atomic E-state index is 10.8. The highest BCUT2D eigenvalue weighted by atomic mass is 16.4. The fourth-order valence-corrected chi connectivity index (χ4v) is 1.98. The van der Waals surface area contributed by atoms with Gasteiger partial charge in [0.15, 0.2) is 0 Å². The normalized spacial score (nSPS) is 13.3. The Morgan fingerprint density at radius 3 is 2.28 bits per heavy atom. The van der Waals surface area contributed by atoms with Crippen molar-refractivity contribution >= 4 is 5.97 Å². The number of hydrogen-bond donors (Lipinski definition) is 2. The number of aliphatic hydroxyl groups excluding tert-OH is 1. The molecule has 1 aromatic rings. The number of carboxylic acids is 1. The SMILES string of the molecule is CC(O)CCc1ccc(C(C)(C)CC(=O)O)cc1. The van der Waals surface area contributed by atoms with Crippen LogP contribution in [-0.4, -0.2) is 22.3 Å². The monoisotopic (exact) mass is 250 g/mol. The lowest BCUT2D eigenvalue weighted by molar-refractivity contribution is -0.138. The van der Waals surface area contributed by atoms with E-state index in [2.05, 4.69) is 0 Å². The molecule has 2 N–H and O–H groups in total. The van der Waals surface area contributed by atoms with Crippen molar-refractivity contribution in [2.75, 3.05) is 0 Å². The fourth-order valence-electron chi connectivity index (χ4n) is 1.98. The molecule has 0 heterocycles. The summed E-state index contributed by atoms with van der Waals surface area (Å²) in [4.78, 5) is 10.8. The Bertz CT molecular complexity index is 391. The van der Waals surface area contributed by atoms with E-state index in [-0.39, 0.29) is 17.9 Å². The molecular formula is C15H22O3. The molecule has 0 spiro atoms. The van der Waals surface area contributed by atoms with Gasteiger partial charge in [0.2, 0.25) is 0 Å². The number of aryl methyl sites for hydroxylation is 1. The third-order valence-electron chi connectivity index (χ3n) is 3.18. The Morgan fingerprint density at radius 1 is 1.28 bits per heavy atom. The van der Waals surface area contributed by atoms with Gasteiger partial charge in [-0.15, -0.1) is 0 Å². The number of hydrogen-bond acceptors (Lipinski definition) is 2. The van der Waals surface area contributed by atoms with Gasteiger partial charge in [-0.25, -0.2) is 0 Å². The highest BCUT2D eigenvalue weighted by Crippen LogP contribution is 2.27. The van der Waals surface area contributed by atoms with Crippen molar-refractivity contribution in [1.82, 2.24) is 0 Å². The van der Waals surface area contributed by atoms with E-state index in [9.17, 15) is 9.90 Å². The summed E-state index contributed by atoms with van der Waals surface area (Å²) in [5.74, 6) is -0.779. The molecule has 3 nitrogen and oxygen atoms in total. The minimum atomic E-state index is -0.779. The number of benzene rings is 1. The lowest BCUT2D eigenvalue weighted by Gasteiger charge is -2.23. The number of aliphatic hydroxyl groups is 1. The van der Waals surface area contributed by atoms with E-state index in [1.54, 1.807) is 6.92 Å². The molecule has 1 unspecified atom stereocenters. The van der Waals surface area contributed by atoms with Crippen LogP contribution in [0.2, 0.25) is 0 Å². The van der Waals surface area contributed by atoms with E-state index in [0.29, 0.717) is 0 Å². The van der Waals surface area contributed by atoms with Crippen LogP contribution in [0.4, 0.5) is 0 Å². The zero-order chi connectivity index (χ0) is 13.8. The number of aliphatic carboxylic acids is 1. The van der Waals surface area contributed by atoms with E-state index in [0.717, 1.165) is 18.4 Å². The number of carbonyl (C=O) groups is 1. The van der Waals surface area contributed by atoms with E-state index >= 15 is 0 Å². The van der Waals surface area contributed by atoms with Gasteiger partial charge in [0.25, 0.3) is 0 Å². The van der Waals surface area contributed by atoms with Crippen molar-refractivity contribution in [1.29, 1.82) is 0 Å². The van der Waals surface area contributed by atoms with Gasteiger partial charge in [0.1, 0.15) is 0 Å². The molecule has 0 aliphatic heterocycles. The summed E-state index contributed by atoms with van der Waals surface area (Å²) in [6.07, 6.45) is 1.43. The Balaban J connectivity index is 2.72. The van der Waals surface area contributed by atoms with Crippen LogP contribution in [-0.2, 0) is 16.6 Å². The molecule has 0 aliphatic carbocycles. The molecule has 0 bridgehead atoms. The van der Waals surface area contributed by atoms with Gasteiger partial charge < -0.3 is 10.2 Å². The summed E-state index contributed by atoms with van der Waals surface area (Å²) in [5.41, 5.74) is 1.85. The second-order valence-electron chi connectivity index (χ2n) is 5.54. The summed E-state index contributed by atoms with van der Waals surface area (Å²) >= 11 is 0. The van der Waals surface area contributed by atoms with Gasteiger partial charge >= 0.3 is 5.97 Å². The molecular weight excluding hydrogens is 228 g/mol. The minimum absolute atomic E-state index is 0.125. The van der Waals surface area contributed by atoms with E-state index in [1.807, 2.05) is 38.1 Å². The molecule has 0 aliphatic rings. The summed E-state index contributed by atoms with van der Waals surface area (Å²) in [6, 6.07) is 8.00. The molecule has 1 aromatic carbocycles. The molecule has 0 radical (unpaired) electrons. The Labute approximate surface area is 108 Å². The van der Waals surface area contributed by atoms with Gasteiger partial charge in [-0.05, 0) is 30.9 Å². The molecule has 100 valence electrons. The predicted octanol–water partition coefficient (Wildman–Crippen LogP) is 2.75. The summed E-state index contributed by atoms with van der Waals surface area (Å²) < 4.78 is 0. The van der Waals surface area contributed by atoms with Crippen LogP contribution < -0.4 is 0 Å². The van der Waals surface area contributed by atoms with Crippen molar-refractivity contribution < 1.29 is 15.0 Å². The van der Waals surface area contributed by atoms with E-state index in [4.69, 9.17) is 5.11 Å². The molecule has 0 saturated heterocycles. The van der Waals surface area contributed by atoms with Gasteiger partial charge in [-0.2, -0.15) is 0 Å². The number of rotatable bonds is 6. The molecule has 3 heteroatoms. The average molecular weight is 250 g/mol. The first-order valence-electron chi connectivity index (χ1n) is 6.30. The first-order chi connectivity index (χ1) is 8.31. The molecule has 1 rings (SSSR count). The molecule has 0 aromatic heterocycles. The molecule has 0 saturated carbocycles. The first-order valence-corrected chi connectivity index (χ1v) is 6.30. The third kappa shape index (κ3) is 4.49. The smallest absolute Gasteiger partial charge is 0.304 e. The summed E-state index contributed by atoms with van der Waals surface area (Å²) in [6.45, 7) is 5.65. The zero-order valence-electron chi connectivity index (χ0n) is 11.3. The second-order valence-corrected chi connectivity index (χ2v) is 5.54. The molecule has 0 amide bonds. The van der Waals surface area contributed by atoms with Crippen molar-refractivity contribution in [2.24, 2.45) is 0 Å². The van der Waals surface area contributed by atoms with Gasteiger partial charge in [0, 0.05) is 5.41 Å². The summed E-state index contributed by atoms with van der Waals surface area (Å²) in [7, 11) is 0. The van der Waals surface area contributed by atoms with Crippen molar-refractivity contribution in [3.8, 4) is 0 Å². The van der Waals surface area contributed by atoms with Crippen molar-refractivity contribution in [3.63, 3.8) is 0 Å². The highest BCUT2D eigenvalue weighted by molar-refractivity contribution is 5.68. The lowest BCUT2D eigenvalue weighted by atomic mass is 9.81. The Kier molecular flexibility index (Phi) is 4.91. The third-order valence-corrected chi connectivity index (χ3v) is 3.18. The van der Waals surface area contributed by atoms with Crippen LogP contribution in [0, 0.1) is 0 Å². The topological polar surface area (TPSA) is 57.5 Å².